The summed E-state index contributed by atoms with van der Waals surface area (Å²) in [5.74, 6) is 0.564. The van der Waals surface area contributed by atoms with Crippen LogP contribution >= 0.6 is 0 Å². The standard InChI is InChI=1S/C15H20N2O3/c18-12(9-16-11-5-6-11)10-17-7-8-20-14-4-2-1-3-13(14)15(17)19/h1-4,11-12,16,18H,5-10H2. The van der Waals surface area contributed by atoms with Crippen molar-refractivity contribution in [3.8, 4) is 5.75 Å². The van der Waals surface area contributed by atoms with E-state index in [0.29, 0.717) is 43.6 Å². The summed E-state index contributed by atoms with van der Waals surface area (Å²) in [6.07, 6.45) is 1.84. The van der Waals surface area contributed by atoms with E-state index in [0.717, 1.165) is 0 Å². The first kappa shape index (κ1) is 13.4. The van der Waals surface area contributed by atoms with Gasteiger partial charge in [-0.3, -0.25) is 4.79 Å². The Morgan fingerprint density at radius 2 is 2.20 bits per heavy atom. The van der Waals surface area contributed by atoms with E-state index >= 15 is 0 Å². The maximum absolute atomic E-state index is 12.4. The van der Waals surface area contributed by atoms with Crippen LogP contribution in [0.25, 0.3) is 0 Å². The molecule has 1 saturated carbocycles. The average Bonchev–Trinajstić information content (AvgIpc) is 3.28. The van der Waals surface area contributed by atoms with Gasteiger partial charge in [0.15, 0.2) is 0 Å². The second-order valence-electron chi connectivity index (χ2n) is 5.43. The zero-order valence-electron chi connectivity index (χ0n) is 11.4. The van der Waals surface area contributed by atoms with Gasteiger partial charge in [0, 0.05) is 19.1 Å². The smallest absolute Gasteiger partial charge is 0.257 e. The fourth-order valence-corrected chi connectivity index (χ4v) is 2.39. The Morgan fingerprint density at radius 3 is 3.00 bits per heavy atom. The van der Waals surface area contributed by atoms with Gasteiger partial charge in [0.1, 0.15) is 12.4 Å². The average molecular weight is 276 g/mol. The first-order valence-corrected chi connectivity index (χ1v) is 7.16. The maximum atomic E-state index is 12.4. The number of fused-ring (bicyclic) bond motifs is 1. The van der Waals surface area contributed by atoms with Crippen molar-refractivity contribution >= 4 is 5.91 Å². The lowest BCUT2D eigenvalue weighted by Gasteiger charge is -2.23. The van der Waals surface area contributed by atoms with Crippen molar-refractivity contribution in [2.24, 2.45) is 0 Å². The number of benzene rings is 1. The Morgan fingerprint density at radius 1 is 1.40 bits per heavy atom. The molecule has 1 aliphatic heterocycles. The summed E-state index contributed by atoms with van der Waals surface area (Å²) in [5, 5.41) is 13.3. The molecule has 2 N–H and O–H groups in total. The summed E-state index contributed by atoms with van der Waals surface area (Å²) in [7, 11) is 0. The van der Waals surface area contributed by atoms with Crippen molar-refractivity contribution in [1.29, 1.82) is 0 Å². The molecule has 1 unspecified atom stereocenters. The van der Waals surface area contributed by atoms with Crippen LogP contribution in [0, 0.1) is 0 Å². The predicted octanol–water partition coefficient (Wildman–Crippen LogP) is 0.634. The summed E-state index contributed by atoms with van der Waals surface area (Å²) < 4.78 is 5.58. The van der Waals surface area contributed by atoms with Crippen molar-refractivity contribution in [1.82, 2.24) is 10.2 Å². The van der Waals surface area contributed by atoms with Crippen LogP contribution in [0.4, 0.5) is 0 Å². The van der Waals surface area contributed by atoms with Crippen LogP contribution in [0.2, 0.25) is 0 Å². The van der Waals surface area contributed by atoms with Crippen molar-refractivity contribution in [2.75, 3.05) is 26.2 Å². The number of carbonyl (C=O) groups excluding carboxylic acids is 1. The fourth-order valence-electron chi connectivity index (χ4n) is 2.39. The van der Waals surface area contributed by atoms with E-state index in [9.17, 15) is 9.90 Å². The number of aliphatic hydroxyl groups excluding tert-OH is 1. The van der Waals surface area contributed by atoms with Crippen molar-refractivity contribution in [3.63, 3.8) is 0 Å². The van der Waals surface area contributed by atoms with Crippen molar-refractivity contribution in [3.05, 3.63) is 29.8 Å². The van der Waals surface area contributed by atoms with Crippen LogP contribution in [-0.4, -0.2) is 54.3 Å². The van der Waals surface area contributed by atoms with Crippen LogP contribution in [0.1, 0.15) is 23.2 Å². The van der Waals surface area contributed by atoms with E-state index in [1.807, 2.05) is 18.2 Å². The summed E-state index contributed by atoms with van der Waals surface area (Å²) in [4.78, 5) is 14.1. The molecule has 0 saturated heterocycles. The van der Waals surface area contributed by atoms with E-state index in [1.54, 1.807) is 11.0 Å². The Hall–Kier alpha value is -1.59. The van der Waals surface area contributed by atoms with Crippen molar-refractivity contribution < 1.29 is 14.6 Å². The van der Waals surface area contributed by atoms with E-state index in [1.165, 1.54) is 12.8 Å². The van der Waals surface area contributed by atoms with Gasteiger partial charge in [0.05, 0.1) is 18.2 Å². The highest BCUT2D eigenvalue weighted by Gasteiger charge is 2.26. The van der Waals surface area contributed by atoms with Gasteiger partial charge in [-0.1, -0.05) is 12.1 Å². The van der Waals surface area contributed by atoms with E-state index in [-0.39, 0.29) is 5.91 Å². The maximum Gasteiger partial charge on any atom is 0.257 e. The molecule has 1 amide bonds. The number of β-amino-alcohol motifs (C(OH)–C–C–N with tert-alkyl or cyclic N) is 1. The molecule has 1 aliphatic carbocycles. The molecule has 5 heteroatoms. The number of ether oxygens (including phenoxy) is 1. The lowest BCUT2D eigenvalue weighted by molar-refractivity contribution is 0.0617. The zero-order chi connectivity index (χ0) is 13.9. The lowest BCUT2D eigenvalue weighted by Crippen LogP contribution is -2.42. The summed E-state index contributed by atoms with van der Waals surface area (Å²) in [6.45, 7) is 1.85. The molecular formula is C15H20N2O3. The number of para-hydroxylation sites is 1. The summed E-state index contributed by atoms with van der Waals surface area (Å²) in [5.41, 5.74) is 0.576. The summed E-state index contributed by atoms with van der Waals surface area (Å²) in [6, 6.07) is 7.82. The third-order valence-corrected chi connectivity index (χ3v) is 3.67. The quantitative estimate of drug-likeness (QED) is 0.828. The Balaban J connectivity index is 1.62. The molecule has 1 aromatic carbocycles. The van der Waals surface area contributed by atoms with Gasteiger partial charge in [-0.25, -0.2) is 0 Å². The largest absolute Gasteiger partial charge is 0.491 e. The van der Waals surface area contributed by atoms with Crippen molar-refractivity contribution in [2.45, 2.75) is 25.0 Å². The number of nitrogens with one attached hydrogen (secondary N) is 1. The summed E-state index contributed by atoms with van der Waals surface area (Å²) >= 11 is 0. The number of hydrogen-bond acceptors (Lipinski definition) is 4. The Labute approximate surface area is 118 Å². The van der Waals surface area contributed by atoms with Crippen LogP contribution in [-0.2, 0) is 0 Å². The highest BCUT2D eigenvalue weighted by atomic mass is 16.5. The van der Waals surface area contributed by atoms with Gasteiger partial charge < -0.3 is 20.1 Å². The fraction of sp³-hybridized carbons (Fsp3) is 0.533. The van der Waals surface area contributed by atoms with E-state index < -0.39 is 6.10 Å². The topological polar surface area (TPSA) is 61.8 Å². The SMILES string of the molecule is O=C1c2ccccc2OCCN1CC(O)CNC1CC1. The van der Waals surface area contributed by atoms with Crippen LogP contribution in [0.3, 0.4) is 0 Å². The van der Waals surface area contributed by atoms with E-state index in [4.69, 9.17) is 4.74 Å². The number of hydrogen-bond donors (Lipinski definition) is 2. The third kappa shape index (κ3) is 3.11. The van der Waals surface area contributed by atoms with Crippen LogP contribution in [0.15, 0.2) is 24.3 Å². The van der Waals surface area contributed by atoms with Crippen LogP contribution < -0.4 is 10.1 Å². The molecule has 108 valence electrons. The molecule has 5 nitrogen and oxygen atoms in total. The highest BCUT2D eigenvalue weighted by Crippen LogP contribution is 2.22. The molecule has 1 aromatic rings. The molecule has 0 bridgehead atoms. The number of carbonyl (C=O) groups is 1. The van der Waals surface area contributed by atoms with Gasteiger partial charge in [-0.05, 0) is 25.0 Å². The minimum absolute atomic E-state index is 0.0661. The molecule has 3 rings (SSSR count). The lowest BCUT2D eigenvalue weighted by atomic mass is 10.1. The molecule has 20 heavy (non-hydrogen) atoms. The Kier molecular flexibility index (Phi) is 3.89. The number of nitrogens with zero attached hydrogens (tertiary/aromatic N) is 1. The second-order valence-corrected chi connectivity index (χ2v) is 5.43. The molecular weight excluding hydrogens is 256 g/mol. The molecule has 1 atom stereocenters. The van der Waals surface area contributed by atoms with Gasteiger partial charge in [0.2, 0.25) is 0 Å². The predicted molar refractivity (Wildman–Crippen MR) is 74.9 cm³/mol. The minimum atomic E-state index is -0.537. The highest BCUT2D eigenvalue weighted by molar-refractivity contribution is 5.97. The van der Waals surface area contributed by atoms with Crippen LogP contribution in [0.5, 0.6) is 5.75 Å². The number of aliphatic hydroxyl groups is 1. The number of amides is 1. The molecule has 0 radical (unpaired) electrons. The molecule has 2 aliphatic rings. The molecule has 1 heterocycles. The van der Waals surface area contributed by atoms with Gasteiger partial charge in [0.25, 0.3) is 5.91 Å². The monoisotopic (exact) mass is 276 g/mol. The normalized spacial score (nSPS) is 20.1. The van der Waals surface area contributed by atoms with Gasteiger partial charge in [-0.15, -0.1) is 0 Å². The molecule has 0 aromatic heterocycles. The first-order valence-electron chi connectivity index (χ1n) is 7.16. The van der Waals surface area contributed by atoms with E-state index in [2.05, 4.69) is 5.32 Å². The van der Waals surface area contributed by atoms with Gasteiger partial charge >= 0.3 is 0 Å². The van der Waals surface area contributed by atoms with Gasteiger partial charge in [-0.2, -0.15) is 0 Å². The minimum Gasteiger partial charge on any atom is -0.491 e. The molecule has 0 spiro atoms. The first-order chi connectivity index (χ1) is 9.74. The second kappa shape index (κ2) is 5.81. The Bertz CT molecular complexity index is 488. The third-order valence-electron chi connectivity index (χ3n) is 3.67. The molecule has 1 fully saturated rings. The zero-order valence-corrected chi connectivity index (χ0v) is 11.4. The number of rotatable bonds is 5.